The molecule has 0 saturated heterocycles. The van der Waals surface area contributed by atoms with Crippen LogP contribution in [0.4, 0.5) is 0 Å². The van der Waals surface area contributed by atoms with Crippen LogP contribution in [0, 0.1) is 0 Å². The Labute approximate surface area is 84.6 Å². The first-order valence-electron chi connectivity index (χ1n) is 4.62. The predicted octanol–water partition coefficient (Wildman–Crippen LogP) is -0.763. The summed E-state index contributed by atoms with van der Waals surface area (Å²) in [7, 11) is 3.29. The summed E-state index contributed by atoms with van der Waals surface area (Å²) in [5.41, 5.74) is -0.595. The van der Waals surface area contributed by atoms with Crippen molar-refractivity contribution in [1.29, 1.82) is 0 Å². The molecule has 0 rings (SSSR count). The van der Waals surface area contributed by atoms with Crippen LogP contribution in [0.25, 0.3) is 0 Å². The first-order chi connectivity index (χ1) is 6.44. The highest BCUT2D eigenvalue weighted by Crippen LogP contribution is 1.99. The van der Waals surface area contributed by atoms with E-state index in [9.17, 15) is 9.59 Å². The molecule has 14 heavy (non-hydrogen) atoms. The van der Waals surface area contributed by atoms with Crippen LogP contribution < -0.4 is 16.0 Å². The van der Waals surface area contributed by atoms with Gasteiger partial charge in [0.2, 0.25) is 11.8 Å². The number of carbonyl (C=O) groups is 2. The number of nitrogens with one attached hydrogen (secondary N) is 3. The highest BCUT2D eigenvalue weighted by atomic mass is 16.2. The lowest BCUT2D eigenvalue weighted by atomic mass is 10.1. The number of carbonyl (C=O) groups excluding carboxylic acids is 2. The molecule has 0 aliphatic carbocycles. The monoisotopic (exact) mass is 201 g/mol. The van der Waals surface area contributed by atoms with E-state index >= 15 is 0 Å². The average Bonchev–Trinajstić information content (AvgIpc) is 2.17. The highest BCUT2D eigenvalue weighted by Gasteiger charge is 2.24. The Morgan fingerprint density at radius 2 is 1.79 bits per heavy atom. The Bertz CT molecular complexity index is 214. The van der Waals surface area contributed by atoms with Crippen molar-refractivity contribution >= 4 is 11.8 Å². The molecule has 0 aromatic carbocycles. The van der Waals surface area contributed by atoms with Gasteiger partial charge in [0.1, 0.15) is 0 Å². The topological polar surface area (TPSA) is 70.2 Å². The van der Waals surface area contributed by atoms with E-state index < -0.39 is 5.54 Å². The highest BCUT2D eigenvalue weighted by molar-refractivity contribution is 5.85. The number of amides is 2. The van der Waals surface area contributed by atoms with Gasteiger partial charge in [-0.15, -0.1) is 0 Å². The van der Waals surface area contributed by atoms with Crippen LogP contribution in [-0.2, 0) is 9.59 Å². The third kappa shape index (κ3) is 4.23. The second-order valence-corrected chi connectivity index (χ2v) is 3.55. The molecule has 5 nitrogen and oxygen atoms in total. The molecule has 0 spiro atoms. The van der Waals surface area contributed by atoms with E-state index in [-0.39, 0.29) is 11.8 Å². The Balaban J connectivity index is 3.80. The summed E-state index contributed by atoms with van der Waals surface area (Å²) in [6.07, 6.45) is 0.308. The lowest BCUT2D eigenvalue weighted by Crippen LogP contribution is -2.51. The van der Waals surface area contributed by atoms with E-state index in [1.165, 1.54) is 0 Å². The molecule has 82 valence electrons. The standard InChI is InChI=1S/C9H19N3O2/c1-9(2,11-4)8(14)12-6-5-7(13)10-3/h11H,5-6H2,1-4H3,(H,10,13)(H,12,14). The Hall–Kier alpha value is -1.10. The summed E-state index contributed by atoms with van der Waals surface area (Å²) < 4.78 is 0. The van der Waals surface area contributed by atoms with E-state index in [0.717, 1.165) is 0 Å². The average molecular weight is 201 g/mol. The van der Waals surface area contributed by atoms with Gasteiger partial charge in [-0.1, -0.05) is 0 Å². The summed E-state index contributed by atoms with van der Waals surface area (Å²) >= 11 is 0. The fourth-order valence-electron chi connectivity index (χ4n) is 0.749. The molecule has 2 amide bonds. The largest absolute Gasteiger partial charge is 0.359 e. The molecule has 0 heterocycles. The van der Waals surface area contributed by atoms with E-state index in [2.05, 4.69) is 16.0 Å². The lowest BCUT2D eigenvalue weighted by Gasteiger charge is -2.22. The van der Waals surface area contributed by atoms with Crippen LogP contribution in [0.5, 0.6) is 0 Å². The first-order valence-corrected chi connectivity index (χ1v) is 4.62. The maximum atomic E-state index is 11.5. The van der Waals surface area contributed by atoms with Crippen molar-refractivity contribution < 1.29 is 9.59 Å². The van der Waals surface area contributed by atoms with Gasteiger partial charge < -0.3 is 16.0 Å². The number of rotatable bonds is 5. The summed E-state index contributed by atoms with van der Waals surface area (Å²) in [5.74, 6) is -0.184. The minimum Gasteiger partial charge on any atom is -0.359 e. The van der Waals surface area contributed by atoms with Crippen molar-refractivity contribution in [1.82, 2.24) is 16.0 Å². The minimum absolute atomic E-state index is 0.0763. The van der Waals surface area contributed by atoms with Gasteiger partial charge in [-0.05, 0) is 20.9 Å². The van der Waals surface area contributed by atoms with Gasteiger partial charge in [-0.2, -0.15) is 0 Å². The molecule has 3 N–H and O–H groups in total. The molecule has 0 aromatic rings. The van der Waals surface area contributed by atoms with Gasteiger partial charge in [0.05, 0.1) is 5.54 Å². The Morgan fingerprint density at radius 3 is 2.21 bits per heavy atom. The molecule has 0 fully saturated rings. The van der Waals surface area contributed by atoms with Crippen molar-refractivity contribution in [2.75, 3.05) is 20.6 Å². The third-order valence-electron chi connectivity index (χ3n) is 2.11. The molecule has 0 aliphatic heterocycles. The normalized spacial score (nSPS) is 10.9. The quantitative estimate of drug-likeness (QED) is 0.547. The molecular weight excluding hydrogens is 182 g/mol. The molecule has 0 atom stereocenters. The summed E-state index contributed by atoms with van der Waals surface area (Å²) in [6.45, 7) is 3.92. The molecule has 0 bridgehead atoms. The van der Waals surface area contributed by atoms with Gasteiger partial charge in [-0.25, -0.2) is 0 Å². The number of hydrogen-bond donors (Lipinski definition) is 3. The second kappa shape index (κ2) is 5.59. The molecule has 5 heteroatoms. The SMILES string of the molecule is CNC(=O)CCNC(=O)C(C)(C)NC. The summed E-state index contributed by atoms with van der Waals surface area (Å²) in [5, 5.41) is 8.04. The second-order valence-electron chi connectivity index (χ2n) is 3.55. The van der Waals surface area contributed by atoms with Gasteiger partial charge in [0.15, 0.2) is 0 Å². The maximum Gasteiger partial charge on any atom is 0.239 e. The zero-order valence-electron chi connectivity index (χ0n) is 9.23. The lowest BCUT2D eigenvalue weighted by molar-refractivity contribution is -0.126. The zero-order chi connectivity index (χ0) is 11.2. The smallest absolute Gasteiger partial charge is 0.239 e. The van der Waals surface area contributed by atoms with E-state index in [4.69, 9.17) is 0 Å². The molecule has 0 unspecified atom stereocenters. The van der Waals surface area contributed by atoms with Crippen LogP contribution in [0.15, 0.2) is 0 Å². The summed E-state index contributed by atoms with van der Waals surface area (Å²) in [4.78, 5) is 22.3. The maximum absolute atomic E-state index is 11.5. The van der Waals surface area contributed by atoms with Crippen molar-refractivity contribution in [2.45, 2.75) is 25.8 Å². The Morgan fingerprint density at radius 1 is 1.21 bits per heavy atom. The first kappa shape index (κ1) is 12.9. The van der Waals surface area contributed by atoms with Crippen molar-refractivity contribution in [3.05, 3.63) is 0 Å². The fraction of sp³-hybridized carbons (Fsp3) is 0.778. The van der Waals surface area contributed by atoms with E-state index in [1.54, 1.807) is 27.9 Å². The molecule has 0 aliphatic rings. The van der Waals surface area contributed by atoms with Gasteiger partial charge in [0, 0.05) is 20.0 Å². The van der Waals surface area contributed by atoms with Crippen molar-refractivity contribution in [2.24, 2.45) is 0 Å². The number of likely N-dealkylation sites (N-methyl/N-ethyl adjacent to an activating group) is 1. The van der Waals surface area contributed by atoms with Crippen molar-refractivity contribution in [3.63, 3.8) is 0 Å². The molecule has 0 saturated carbocycles. The van der Waals surface area contributed by atoms with Crippen molar-refractivity contribution in [3.8, 4) is 0 Å². The van der Waals surface area contributed by atoms with Gasteiger partial charge >= 0.3 is 0 Å². The van der Waals surface area contributed by atoms with Crippen LogP contribution in [0.2, 0.25) is 0 Å². The molecule has 0 aromatic heterocycles. The van der Waals surface area contributed by atoms with E-state index in [1.807, 2.05) is 0 Å². The molecular formula is C9H19N3O2. The van der Waals surface area contributed by atoms with Gasteiger partial charge in [-0.3, -0.25) is 9.59 Å². The Kier molecular flexibility index (Phi) is 5.15. The van der Waals surface area contributed by atoms with Gasteiger partial charge in [0.25, 0.3) is 0 Å². The minimum atomic E-state index is -0.595. The zero-order valence-corrected chi connectivity index (χ0v) is 9.23. The summed E-state index contributed by atoms with van der Waals surface area (Å²) in [6, 6.07) is 0. The predicted molar refractivity (Wildman–Crippen MR) is 54.8 cm³/mol. The third-order valence-corrected chi connectivity index (χ3v) is 2.11. The van der Waals surface area contributed by atoms with Crippen LogP contribution in [0.3, 0.4) is 0 Å². The van der Waals surface area contributed by atoms with Crippen LogP contribution >= 0.6 is 0 Å². The number of hydrogen-bond acceptors (Lipinski definition) is 3. The fourth-order valence-corrected chi connectivity index (χ4v) is 0.749. The van der Waals surface area contributed by atoms with Crippen LogP contribution in [-0.4, -0.2) is 38.0 Å². The van der Waals surface area contributed by atoms with Crippen LogP contribution in [0.1, 0.15) is 20.3 Å². The molecule has 0 radical (unpaired) electrons. The van der Waals surface area contributed by atoms with E-state index in [0.29, 0.717) is 13.0 Å².